The lowest BCUT2D eigenvalue weighted by Crippen LogP contribution is -2.61. The standard InChI is InChI=1S/C16H30O10Si/c1-6-14(27(23-7-2,24-8-3)25-9-4)26-16(10-12(17)18,11-13(19)20)15(21)22-5/h14H,6-11H2,1-5H3,(H,17,18)(H,19,20). The SMILES string of the molecule is CCO[Si](OCC)(OCC)C(CC)OC(CC(=O)O)(CC(=O)O)C(=O)OC. The molecule has 10 nitrogen and oxygen atoms in total. The number of methoxy groups -OCH3 is 1. The summed E-state index contributed by atoms with van der Waals surface area (Å²) in [6, 6.07) is 0. The molecule has 0 heterocycles. The Balaban J connectivity index is 6.17. The zero-order chi connectivity index (χ0) is 21.1. The van der Waals surface area contributed by atoms with E-state index < -0.39 is 50.9 Å². The number of esters is 1. The first-order valence-electron chi connectivity index (χ1n) is 8.78. The number of hydrogen-bond donors (Lipinski definition) is 2. The summed E-state index contributed by atoms with van der Waals surface area (Å²) in [6.45, 7) is 7.60. The predicted molar refractivity (Wildman–Crippen MR) is 95.0 cm³/mol. The van der Waals surface area contributed by atoms with Gasteiger partial charge in [0, 0.05) is 19.8 Å². The number of hydrogen-bond acceptors (Lipinski definition) is 8. The van der Waals surface area contributed by atoms with Gasteiger partial charge >= 0.3 is 26.7 Å². The number of carboxylic acid groups (broad SMARTS) is 2. The summed E-state index contributed by atoms with van der Waals surface area (Å²) < 4.78 is 27.8. The van der Waals surface area contributed by atoms with Gasteiger partial charge in [-0.15, -0.1) is 0 Å². The summed E-state index contributed by atoms with van der Waals surface area (Å²) in [4.78, 5) is 35.1. The van der Waals surface area contributed by atoms with Crippen LogP contribution in [0.25, 0.3) is 0 Å². The van der Waals surface area contributed by atoms with Gasteiger partial charge in [-0.2, -0.15) is 0 Å². The molecule has 0 saturated carbocycles. The Morgan fingerprint density at radius 1 is 0.889 bits per heavy atom. The molecule has 0 rings (SSSR count). The average molecular weight is 410 g/mol. The first-order valence-corrected chi connectivity index (χ1v) is 10.6. The number of rotatable bonds is 15. The molecular weight excluding hydrogens is 380 g/mol. The molecule has 0 fully saturated rings. The molecule has 0 radical (unpaired) electrons. The fourth-order valence-electron chi connectivity index (χ4n) is 2.70. The summed E-state index contributed by atoms with van der Waals surface area (Å²) in [6.07, 6.45) is -1.54. The van der Waals surface area contributed by atoms with E-state index in [1.54, 1.807) is 27.7 Å². The maximum Gasteiger partial charge on any atom is 0.531 e. The smallest absolute Gasteiger partial charge is 0.481 e. The summed E-state index contributed by atoms with van der Waals surface area (Å²) in [5.41, 5.74) is -3.20. The fourth-order valence-corrected chi connectivity index (χ4v) is 5.58. The van der Waals surface area contributed by atoms with Crippen LogP contribution >= 0.6 is 0 Å². The van der Waals surface area contributed by atoms with Crippen molar-refractivity contribution in [1.29, 1.82) is 0 Å². The van der Waals surface area contributed by atoms with E-state index in [0.29, 0.717) is 0 Å². The van der Waals surface area contributed by atoms with Crippen LogP contribution in [0.2, 0.25) is 0 Å². The van der Waals surface area contributed by atoms with Crippen molar-refractivity contribution in [2.24, 2.45) is 0 Å². The first-order chi connectivity index (χ1) is 12.7. The third-order valence-electron chi connectivity index (χ3n) is 3.60. The predicted octanol–water partition coefficient (Wildman–Crippen LogP) is 1.23. The summed E-state index contributed by atoms with van der Waals surface area (Å²) in [5.74, 6) is -3.92. The summed E-state index contributed by atoms with van der Waals surface area (Å²) in [7, 11) is -2.48. The van der Waals surface area contributed by atoms with Gasteiger partial charge in [-0.05, 0) is 27.2 Å². The molecule has 0 aromatic heterocycles. The van der Waals surface area contributed by atoms with E-state index in [0.717, 1.165) is 7.11 Å². The first kappa shape index (κ1) is 25.5. The third-order valence-corrected chi connectivity index (χ3v) is 6.99. The van der Waals surface area contributed by atoms with Crippen LogP contribution in [-0.2, 0) is 37.1 Å². The van der Waals surface area contributed by atoms with Crippen LogP contribution in [0, 0.1) is 0 Å². The molecule has 2 N–H and O–H groups in total. The van der Waals surface area contributed by atoms with Crippen LogP contribution in [0.4, 0.5) is 0 Å². The molecule has 1 unspecified atom stereocenters. The number of carbonyl (C=O) groups excluding carboxylic acids is 1. The molecule has 158 valence electrons. The molecule has 0 aromatic rings. The second kappa shape index (κ2) is 12.0. The lowest BCUT2D eigenvalue weighted by molar-refractivity contribution is -0.188. The molecule has 1 atom stereocenters. The van der Waals surface area contributed by atoms with Gasteiger partial charge in [0.15, 0.2) is 5.60 Å². The highest BCUT2D eigenvalue weighted by atomic mass is 28.4. The molecule has 0 spiro atoms. The lowest BCUT2D eigenvalue weighted by Gasteiger charge is -2.39. The minimum atomic E-state index is -3.51. The topological polar surface area (TPSA) is 138 Å². The van der Waals surface area contributed by atoms with E-state index in [-0.39, 0.29) is 26.2 Å². The van der Waals surface area contributed by atoms with Gasteiger partial charge in [0.1, 0.15) is 5.73 Å². The fraction of sp³-hybridized carbons (Fsp3) is 0.812. The Morgan fingerprint density at radius 3 is 1.56 bits per heavy atom. The second-order valence-electron chi connectivity index (χ2n) is 5.54. The van der Waals surface area contributed by atoms with Gasteiger partial charge in [0.2, 0.25) is 0 Å². The van der Waals surface area contributed by atoms with Crippen molar-refractivity contribution in [3.63, 3.8) is 0 Å². The highest BCUT2D eigenvalue weighted by Gasteiger charge is 2.56. The average Bonchev–Trinajstić information content (AvgIpc) is 2.58. The Labute approximate surface area is 160 Å². The van der Waals surface area contributed by atoms with E-state index in [1.165, 1.54) is 0 Å². The maximum absolute atomic E-state index is 12.4. The molecule has 11 heteroatoms. The van der Waals surface area contributed by atoms with Gasteiger partial charge in [0.05, 0.1) is 20.0 Å². The van der Waals surface area contributed by atoms with Gasteiger partial charge in [-0.1, -0.05) is 6.92 Å². The minimum Gasteiger partial charge on any atom is -0.481 e. The lowest BCUT2D eigenvalue weighted by atomic mass is 9.95. The molecule has 0 amide bonds. The second-order valence-corrected chi connectivity index (χ2v) is 8.26. The van der Waals surface area contributed by atoms with Crippen molar-refractivity contribution in [2.75, 3.05) is 26.9 Å². The summed E-state index contributed by atoms with van der Waals surface area (Å²) >= 11 is 0. The van der Waals surface area contributed by atoms with Crippen molar-refractivity contribution in [3.05, 3.63) is 0 Å². The maximum atomic E-state index is 12.4. The zero-order valence-electron chi connectivity index (χ0n) is 16.5. The summed E-state index contributed by atoms with van der Waals surface area (Å²) in [5, 5.41) is 18.5. The van der Waals surface area contributed by atoms with Crippen molar-refractivity contribution in [2.45, 2.75) is 58.3 Å². The van der Waals surface area contributed by atoms with Crippen LogP contribution in [0.5, 0.6) is 0 Å². The number of carboxylic acids is 2. The van der Waals surface area contributed by atoms with Gasteiger partial charge in [-0.25, -0.2) is 4.79 Å². The number of carbonyl (C=O) groups is 3. The molecule has 0 saturated heterocycles. The van der Waals surface area contributed by atoms with Crippen LogP contribution in [0.1, 0.15) is 47.0 Å². The largest absolute Gasteiger partial charge is 0.531 e. The van der Waals surface area contributed by atoms with E-state index in [4.69, 9.17) is 18.0 Å². The Bertz CT molecular complexity index is 463. The van der Waals surface area contributed by atoms with E-state index >= 15 is 0 Å². The van der Waals surface area contributed by atoms with Gasteiger partial charge in [0.25, 0.3) is 0 Å². The molecule has 27 heavy (non-hydrogen) atoms. The quantitative estimate of drug-likeness (QED) is 0.299. The molecule has 0 aliphatic carbocycles. The molecule has 0 aliphatic rings. The van der Waals surface area contributed by atoms with Crippen molar-refractivity contribution in [1.82, 2.24) is 0 Å². The zero-order valence-corrected chi connectivity index (χ0v) is 17.5. The van der Waals surface area contributed by atoms with Crippen LogP contribution < -0.4 is 0 Å². The van der Waals surface area contributed by atoms with E-state index in [9.17, 15) is 24.6 Å². The normalized spacial score (nSPS) is 13.2. The van der Waals surface area contributed by atoms with Crippen molar-refractivity contribution in [3.8, 4) is 0 Å². The Kier molecular flexibility index (Phi) is 11.3. The third kappa shape index (κ3) is 7.18. The number of ether oxygens (including phenoxy) is 2. The molecule has 0 bridgehead atoms. The minimum absolute atomic E-state index is 0.231. The van der Waals surface area contributed by atoms with Crippen LogP contribution in [-0.4, -0.2) is 75.2 Å². The monoisotopic (exact) mass is 410 g/mol. The highest BCUT2D eigenvalue weighted by molar-refractivity contribution is 6.62. The molecular formula is C16H30O10Si. The Hall–Kier alpha value is -1.53. The van der Waals surface area contributed by atoms with Crippen molar-refractivity contribution < 1.29 is 47.3 Å². The van der Waals surface area contributed by atoms with Gasteiger partial charge < -0.3 is 33.0 Å². The van der Waals surface area contributed by atoms with Crippen LogP contribution in [0.3, 0.4) is 0 Å². The molecule has 0 aromatic carbocycles. The number of aliphatic carboxylic acids is 2. The van der Waals surface area contributed by atoms with E-state index in [2.05, 4.69) is 4.74 Å². The molecule has 0 aliphatic heterocycles. The Morgan fingerprint density at radius 2 is 1.30 bits per heavy atom. The highest BCUT2D eigenvalue weighted by Crippen LogP contribution is 2.31. The van der Waals surface area contributed by atoms with Gasteiger partial charge in [-0.3, -0.25) is 9.59 Å². The van der Waals surface area contributed by atoms with Crippen LogP contribution in [0.15, 0.2) is 0 Å². The van der Waals surface area contributed by atoms with E-state index in [1.807, 2.05) is 0 Å². The van der Waals surface area contributed by atoms with Crippen molar-refractivity contribution >= 4 is 26.7 Å².